The van der Waals surface area contributed by atoms with Crippen LogP contribution in [-0.4, -0.2) is 13.5 Å². The zero-order valence-corrected chi connectivity index (χ0v) is 9.68. The third-order valence-electron chi connectivity index (χ3n) is 1.61. The van der Waals surface area contributed by atoms with Crippen molar-refractivity contribution in [2.45, 2.75) is 27.1 Å². The van der Waals surface area contributed by atoms with Crippen molar-refractivity contribution in [2.75, 3.05) is 7.11 Å². The summed E-state index contributed by atoms with van der Waals surface area (Å²) in [7, 11) is 1.39. The van der Waals surface area contributed by atoms with Crippen LogP contribution in [0.25, 0.3) is 0 Å². The predicted molar refractivity (Wildman–Crippen MR) is 55.8 cm³/mol. The Balaban J connectivity index is 0.00000106. The molecule has 5 heteroatoms. The fourth-order valence-electron chi connectivity index (χ4n) is 0.997. The van der Waals surface area contributed by atoms with E-state index in [0.29, 0.717) is 5.75 Å². The van der Waals surface area contributed by atoms with Crippen molar-refractivity contribution in [1.82, 2.24) is 0 Å². The van der Waals surface area contributed by atoms with Gasteiger partial charge in [0, 0.05) is 6.07 Å². The minimum atomic E-state index is -4.67. The molecule has 1 aromatic rings. The summed E-state index contributed by atoms with van der Waals surface area (Å²) in [6.45, 7) is 5.73. The van der Waals surface area contributed by atoms with Crippen LogP contribution in [0.3, 0.4) is 0 Å². The van der Waals surface area contributed by atoms with Crippen LogP contribution in [0.2, 0.25) is 0 Å². The summed E-state index contributed by atoms with van der Waals surface area (Å²) in [5.74, 6) is 0.0895. The van der Waals surface area contributed by atoms with Gasteiger partial charge in [0.25, 0.3) is 0 Å². The minimum Gasteiger partial charge on any atom is -0.496 e. The second kappa shape index (κ2) is 6.25. The topological polar surface area (TPSA) is 18.5 Å². The molecule has 0 unspecified atom stereocenters. The van der Waals surface area contributed by atoms with Gasteiger partial charge in [-0.3, -0.25) is 0 Å². The number of hydrogen-bond acceptors (Lipinski definition) is 2. The first-order chi connectivity index (χ1) is 7.42. The summed E-state index contributed by atoms with van der Waals surface area (Å²) in [5.41, 5.74) is 0.752. The molecule has 0 aliphatic heterocycles. The van der Waals surface area contributed by atoms with E-state index in [1.165, 1.54) is 25.3 Å². The molecule has 0 spiro atoms. The van der Waals surface area contributed by atoms with Gasteiger partial charge in [-0.1, -0.05) is 19.9 Å². The lowest BCUT2D eigenvalue weighted by molar-refractivity contribution is -0.274. The summed E-state index contributed by atoms with van der Waals surface area (Å²) in [6, 6.07) is 3.94. The molecule has 1 rings (SSSR count). The Kier molecular flexibility index (Phi) is 5.71. The van der Waals surface area contributed by atoms with Crippen molar-refractivity contribution < 1.29 is 22.6 Å². The van der Waals surface area contributed by atoms with E-state index in [9.17, 15) is 13.2 Å². The lowest BCUT2D eigenvalue weighted by Gasteiger charge is -2.10. The molecule has 0 saturated heterocycles. The third kappa shape index (κ3) is 4.91. The van der Waals surface area contributed by atoms with Crippen molar-refractivity contribution >= 4 is 0 Å². The van der Waals surface area contributed by atoms with Gasteiger partial charge in [-0.2, -0.15) is 0 Å². The van der Waals surface area contributed by atoms with Crippen LogP contribution in [0.1, 0.15) is 19.4 Å². The van der Waals surface area contributed by atoms with Crippen LogP contribution < -0.4 is 9.47 Å². The molecule has 0 aromatic heterocycles. The highest BCUT2D eigenvalue weighted by Gasteiger charge is 2.31. The molecule has 16 heavy (non-hydrogen) atoms. The predicted octanol–water partition coefficient (Wildman–Crippen LogP) is 3.93. The summed E-state index contributed by atoms with van der Waals surface area (Å²) < 4.78 is 44.0. The second-order valence-corrected chi connectivity index (χ2v) is 2.68. The van der Waals surface area contributed by atoms with Crippen LogP contribution in [0.15, 0.2) is 18.2 Å². The molecule has 0 fully saturated rings. The minimum absolute atomic E-state index is 0.278. The zero-order valence-electron chi connectivity index (χ0n) is 9.68. The van der Waals surface area contributed by atoms with E-state index in [4.69, 9.17) is 4.74 Å². The van der Waals surface area contributed by atoms with Crippen LogP contribution >= 0.6 is 0 Å². The normalized spacial score (nSPS) is 10.2. The number of halogens is 3. The van der Waals surface area contributed by atoms with Gasteiger partial charge < -0.3 is 9.47 Å². The smallest absolute Gasteiger partial charge is 0.496 e. The molecule has 0 atom stereocenters. The van der Waals surface area contributed by atoms with Crippen molar-refractivity contribution in [2.24, 2.45) is 0 Å². The molecule has 0 amide bonds. The van der Waals surface area contributed by atoms with E-state index in [1.807, 2.05) is 13.8 Å². The van der Waals surface area contributed by atoms with E-state index in [2.05, 4.69) is 4.74 Å². The van der Waals surface area contributed by atoms with Gasteiger partial charge in [-0.15, -0.1) is 13.2 Å². The number of methoxy groups -OCH3 is 1. The molecular weight excluding hydrogens is 221 g/mol. The van der Waals surface area contributed by atoms with Crippen molar-refractivity contribution in [3.63, 3.8) is 0 Å². The number of ether oxygens (including phenoxy) is 2. The van der Waals surface area contributed by atoms with Gasteiger partial charge in [-0.25, -0.2) is 0 Å². The van der Waals surface area contributed by atoms with E-state index in [0.717, 1.165) is 5.56 Å². The number of rotatable bonds is 2. The first-order valence-corrected chi connectivity index (χ1v) is 4.83. The molecule has 0 aliphatic rings. The van der Waals surface area contributed by atoms with Crippen LogP contribution in [0.4, 0.5) is 13.2 Å². The molecule has 0 N–H and O–H groups in total. The summed E-state index contributed by atoms with van der Waals surface area (Å²) >= 11 is 0. The Morgan fingerprint density at radius 3 is 2.12 bits per heavy atom. The summed E-state index contributed by atoms with van der Waals surface area (Å²) in [4.78, 5) is 0. The van der Waals surface area contributed by atoms with E-state index < -0.39 is 6.36 Å². The summed E-state index contributed by atoms with van der Waals surface area (Å²) in [6.07, 6.45) is -4.67. The fourth-order valence-corrected chi connectivity index (χ4v) is 0.997. The Morgan fingerprint density at radius 1 is 1.12 bits per heavy atom. The molecule has 0 bridgehead atoms. The number of hydrogen-bond donors (Lipinski definition) is 0. The van der Waals surface area contributed by atoms with Gasteiger partial charge in [-0.05, 0) is 18.6 Å². The highest BCUT2D eigenvalue weighted by atomic mass is 19.4. The molecule has 0 radical (unpaired) electrons. The lowest BCUT2D eigenvalue weighted by atomic mass is 10.2. The standard InChI is InChI=1S/C9H9F3O2.C2H6/c1-6-3-4-7(5-8(6)13-2)14-9(10,11)12;1-2/h3-5H,1-2H3;1-2H3. The maximum absolute atomic E-state index is 11.8. The second-order valence-electron chi connectivity index (χ2n) is 2.68. The number of alkyl halides is 3. The molecular formula is C11H15F3O2. The van der Waals surface area contributed by atoms with Gasteiger partial charge in [0.2, 0.25) is 0 Å². The van der Waals surface area contributed by atoms with Gasteiger partial charge in [0.15, 0.2) is 0 Å². The van der Waals surface area contributed by atoms with Crippen LogP contribution in [0.5, 0.6) is 11.5 Å². The average Bonchev–Trinajstić information content (AvgIpc) is 2.22. The molecule has 0 saturated carbocycles. The Morgan fingerprint density at radius 2 is 1.69 bits per heavy atom. The first kappa shape index (κ1) is 14.6. The quantitative estimate of drug-likeness (QED) is 0.774. The maximum Gasteiger partial charge on any atom is 0.573 e. The number of benzene rings is 1. The van der Waals surface area contributed by atoms with E-state index in [-0.39, 0.29) is 5.75 Å². The summed E-state index contributed by atoms with van der Waals surface area (Å²) in [5, 5.41) is 0. The molecule has 92 valence electrons. The van der Waals surface area contributed by atoms with Crippen molar-refractivity contribution in [1.29, 1.82) is 0 Å². The first-order valence-electron chi connectivity index (χ1n) is 4.83. The van der Waals surface area contributed by atoms with E-state index in [1.54, 1.807) is 6.92 Å². The van der Waals surface area contributed by atoms with Crippen LogP contribution in [0, 0.1) is 6.92 Å². The van der Waals surface area contributed by atoms with Gasteiger partial charge >= 0.3 is 6.36 Å². The molecule has 1 aromatic carbocycles. The lowest BCUT2D eigenvalue weighted by Crippen LogP contribution is -2.17. The Bertz CT molecular complexity index is 321. The van der Waals surface area contributed by atoms with Crippen molar-refractivity contribution in [3.8, 4) is 11.5 Å². The fraction of sp³-hybridized carbons (Fsp3) is 0.455. The average molecular weight is 236 g/mol. The highest BCUT2D eigenvalue weighted by Crippen LogP contribution is 2.28. The largest absolute Gasteiger partial charge is 0.573 e. The third-order valence-corrected chi connectivity index (χ3v) is 1.61. The van der Waals surface area contributed by atoms with Crippen molar-refractivity contribution in [3.05, 3.63) is 23.8 Å². The molecule has 0 aliphatic carbocycles. The maximum atomic E-state index is 11.8. The number of aryl methyl sites for hydroxylation is 1. The van der Waals surface area contributed by atoms with E-state index >= 15 is 0 Å². The monoisotopic (exact) mass is 236 g/mol. The van der Waals surface area contributed by atoms with Gasteiger partial charge in [0.1, 0.15) is 11.5 Å². The Hall–Kier alpha value is -1.39. The SMILES string of the molecule is CC.COc1cc(OC(F)(F)F)ccc1C. The van der Waals surface area contributed by atoms with Gasteiger partial charge in [0.05, 0.1) is 7.11 Å². The highest BCUT2D eigenvalue weighted by molar-refractivity contribution is 5.39. The van der Waals surface area contributed by atoms with Crippen LogP contribution in [-0.2, 0) is 0 Å². The zero-order chi connectivity index (χ0) is 12.8. The molecule has 0 heterocycles. The Labute approximate surface area is 93.0 Å². The molecule has 2 nitrogen and oxygen atoms in total.